The van der Waals surface area contributed by atoms with Gasteiger partial charge >= 0.3 is 6.03 Å². The number of hydrogen-bond donors (Lipinski definition) is 2. The number of urea groups is 1. The Hall–Kier alpha value is -2.53. The number of ketones is 1. The van der Waals surface area contributed by atoms with Gasteiger partial charge in [0.25, 0.3) is 0 Å². The van der Waals surface area contributed by atoms with Gasteiger partial charge in [0, 0.05) is 16.3 Å². The topological polar surface area (TPSA) is 67.4 Å². The highest BCUT2D eigenvalue weighted by molar-refractivity contribution is 6.30. The van der Waals surface area contributed by atoms with E-state index in [0.717, 1.165) is 0 Å². The molecule has 0 saturated heterocycles. The Balaban J connectivity index is 1.71. The third-order valence-corrected chi connectivity index (χ3v) is 3.24. The largest absolute Gasteiger partial charge is 0.492 e. The van der Waals surface area contributed by atoms with Crippen molar-refractivity contribution in [3.8, 4) is 5.75 Å². The van der Waals surface area contributed by atoms with E-state index in [4.69, 9.17) is 16.3 Å². The van der Waals surface area contributed by atoms with Crippen molar-refractivity contribution in [1.82, 2.24) is 5.32 Å². The molecule has 120 valence electrons. The lowest BCUT2D eigenvalue weighted by atomic mass is 10.1. The highest BCUT2D eigenvalue weighted by Gasteiger charge is 2.03. The maximum atomic E-state index is 11.7. The van der Waals surface area contributed by atoms with Crippen molar-refractivity contribution in [2.75, 3.05) is 18.5 Å². The highest BCUT2D eigenvalue weighted by Crippen LogP contribution is 2.16. The van der Waals surface area contributed by atoms with Crippen LogP contribution < -0.4 is 15.4 Å². The Bertz CT molecular complexity index is 686. The number of carbonyl (C=O) groups excluding carboxylic acids is 2. The number of hydrogen-bond acceptors (Lipinski definition) is 3. The van der Waals surface area contributed by atoms with E-state index in [9.17, 15) is 9.59 Å². The number of anilines is 1. The fraction of sp³-hybridized carbons (Fsp3) is 0.176. The molecule has 6 heteroatoms. The molecule has 0 aromatic heterocycles. The lowest BCUT2D eigenvalue weighted by molar-refractivity contribution is 0.101. The van der Waals surface area contributed by atoms with Crippen LogP contribution in [-0.4, -0.2) is 25.0 Å². The Morgan fingerprint density at radius 3 is 2.52 bits per heavy atom. The van der Waals surface area contributed by atoms with Crippen LogP contribution in [0.1, 0.15) is 17.3 Å². The van der Waals surface area contributed by atoms with Gasteiger partial charge in [0.05, 0.1) is 6.54 Å². The molecule has 2 N–H and O–H groups in total. The second-order valence-corrected chi connectivity index (χ2v) is 5.26. The molecule has 0 saturated carbocycles. The fourth-order valence-electron chi connectivity index (χ4n) is 1.85. The van der Waals surface area contributed by atoms with Crippen LogP contribution in [0.2, 0.25) is 5.02 Å². The molecule has 0 fully saturated rings. The van der Waals surface area contributed by atoms with E-state index in [1.165, 1.54) is 6.92 Å². The second kappa shape index (κ2) is 8.19. The summed E-state index contributed by atoms with van der Waals surface area (Å²) in [6, 6.07) is 13.4. The highest BCUT2D eigenvalue weighted by atomic mass is 35.5. The molecule has 0 aliphatic heterocycles. The summed E-state index contributed by atoms with van der Waals surface area (Å²) in [5, 5.41) is 5.96. The molecule has 2 rings (SSSR count). The van der Waals surface area contributed by atoms with Gasteiger partial charge in [-0.2, -0.15) is 0 Å². The number of benzene rings is 2. The van der Waals surface area contributed by atoms with E-state index >= 15 is 0 Å². The standard InChI is InChI=1S/C17H17ClN2O3/c1-12(21)13-5-7-15(8-6-13)20-17(22)19-9-10-23-16-4-2-3-14(18)11-16/h2-8,11H,9-10H2,1H3,(H2,19,20,22). The molecule has 2 aromatic rings. The van der Waals surface area contributed by atoms with Crippen molar-refractivity contribution in [3.05, 3.63) is 59.1 Å². The van der Waals surface area contributed by atoms with Crippen LogP contribution in [0.4, 0.5) is 10.5 Å². The van der Waals surface area contributed by atoms with Crippen LogP contribution in [0.3, 0.4) is 0 Å². The zero-order valence-electron chi connectivity index (χ0n) is 12.6. The fourth-order valence-corrected chi connectivity index (χ4v) is 2.03. The van der Waals surface area contributed by atoms with Gasteiger partial charge in [0.1, 0.15) is 12.4 Å². The van der Waals surface area contributed by atoms with E-state index in [1.54, 1.807) is 48.5 Å². The normalized spacial score (nSPS) is 10.0. The van der Waals surface area contributed by atoms with Gasteiger partial charge in [-0.3, -0.25) is 4.79 Å². The number of nitrogens with one attached hydrogen (secondary N) is 2. The minimum atomic E-state index is -0.338. The second-order valence-electron chi connectivity index (χ2n) is 4.82. The van der Waals surface area contributed by atoms with Crippen molar-refractivity contribution in [2.24, 2.45) is 0 Å². The maximum Gasteiger partial charge on any atom is 0.319 e. The number of amides is 2. The molecule has 0 radical (unpaired) electrons. The Morgan fingerprint density at radius 1 is 1.13 bits per heavy atom. The van der Waals surface area contributed by atoms with Gasteiger partial charge in [0.15, 0.2) is 5.78 Å². The molecule has 2 aromatic carbocycles. The summed E-state index contributed by atoms with van der Waals surface area (Å²) in [6.07, 6.45) is 0. The first-order valence-corrected chi connectivity index (χ1v) is 7.46. The van der Waals surface area contributed by atoms with E-state index in [0.29, 0.717) is 35.2 Å². The lowest BCUT2D eigenvalue weighted by Crippen LogP contribution is -2.32. The Morgan fingerprint density at radius 2 is 1.87 bits per heavy atom. The molecule has 0 spiro atoms. The predicted octanol–water partition coefficient (Wildman–Crippen LogP) is 3.74. The van der Waals surface area contributed by atoms with E-state index in [1.807, 2.05) is 0 Å². The predicted molar refractivity (Wildman–Crippen MR) is 90.4 cm³/mol. The van der Waals surface area contributed by atoms with Crippen molar-refractivity contribution in [2.45, 2.75) is 6.92 Å². The molecule has 0 heterocycles. The number of rotatable bonds is 6. The molecule has 23 heavy (non-hydrogen) atoms. The number of halogens is 1. The molecule has 0 bridgehead atoms. The number of carbonyl (C=O) groups is 2. The molecule has 0 unspecified atom stereocenters. The summed E-state index contributed by atoms with van der Waals surface area (Å²) >= 11 is 5.85. The van der Waals surface area contributed by atoms with Crippen LogP contribution in [0.5, 0.6) is 5.75 Å². The average Bonchev–Trinajstić information content (AvgIpc) is 2.52. The summed E-state index contributed by atoms with van der Waals surface area (Å²) in [7, 11) is 0. The molecular formula is C17H17ClN2O3. The van der Waals surface area contributed by atoms with Gasteiger partial charge in [-0.15, -0.1) is 0 Å². The molecule has 0 aliphatic carbocycles. The molecule has 5 nitrogen and oxygen atoms in total. The quantitative estimate of drug-likeness (QED) is 0.625. The Kier molecular flexibility index (Phi) is 6.00. The van der Waals surface area contributed by atoms with Crippen LogP contribution in [0, 0.1) is 0 Å². The monoisotopic (exact) mass is 332 g/mol. The molecule has 0 atom stereocenters. The molecular weight excluding hydrogens is 316 g/mol. The minimum Gasteiger partial charge on any atom is -0.492 e. The van der Waals surface area contributed by atoms with Crippen molar-refractivity contribution < 1.29 is 14.3 Å². The Labute approximate surface area is 139 Å². The van der Waals surface area contributed by atoms with Crippen molar-refractivity contribution in [3.63, 3.8) is 0 Å². The molecule has 0 aliphatic rings. The van der Waals surface area contributed by atoms with Crippen LogP contribution in [0.25, 0.3) is 0 Å². The van der Waals surface area contributed by atoms with Crippen LogP contribution in [-0.2, 0) is 0 Å². The first-order valence-electron chi connectivity index (χ1n) is 7.09. The number of Topliss-reactive ketones (excluding diaryl/α,β-unsaturated/α-hetero) is 1. The van der Waals surface area contributed by atoms with Gasteiger partial charge in [-0.1, -0.05) is 17.7 Å². The summed E-state index contributed by atoms with van der Waals surface area (Å²) in [5.74, 6) is 0.638. The third kappa shape index (κ3) is 5.64. The summed E-state index contributed by atoms with van der Waals surface area (Å²) < 4.78 is 5.47. The van der Waals surface area contributed by atoms with Gasteiger partial charge in [0.2, 0.25) is 0 Å². The minimum absolute atomic E-state index is 0.0147. The zero-order valence-corrected chi connectivity index (χ0v) is 13.4. The SMILES string of the molecule is CC(=O)c1ccc(NC(=O)NCCOc2cccc(Cl)c2)cc1. The summed E-state index contributed by atoms with van der Waals surface area (Å²) in [6.45, 7) is 2.18. The third-order valence-electron chi connectivity index (χ3n) is 3.00. The summed E-state index contributed by atoms with van der Waals surface area (Å²) in [4.78, 5) is 22.9. The van der Waals surface area contributed by atoms with Gasteiger partial charge in [-0.25, -0.2) is 4.79 Å². The van der Waals surface area contributed by atoms with Crippen LogP contribution >= 0.6 is 11.6 Å². The first-order chi connectivity index (χ1) is 11.0. The van der Waals surface area contributed by atoms with E-state index in [2.05, 4.69) is 10.6 Å². The number of ether oxygens (including phenoxy) is 1. The zero-order chi connectivity index (χ0) is 16.7. The van der Waals surface area contributed by atoms with E-state index in [-0.39, 0.29) is 11.8 Å². The van der Waals surface area contributed by atoms with Crippen molar-refractivity contribution >= 4 is 29.1 Å². The molecule has 2 amide bonds. The lowest BCUT2D eigenvalue weighted by Gasteiger charge is -2.09. The van der Waals surface area contributed by atoms with E-state index < -0.39 is 0 Å². The smallest absolute Gasteiger partial charge is 0.319 e. The van der Waals surface area contributed by atoms with Gasteiger partial charge < -0.3 is 15.4 Å². The maximum absolute atomic E-state index is 11.7. The first kappa shape index (κ1) is 16.8. The van der Waals surface area contributed by atoms with Gasteiger partial charge in [-0.05, 0) is 49.4 Å². The van der Waals surface area contributed by atoms with Crippen molar-refractivity contribution in [1.29, 1.82) is 0 Å². The van der Waals surface area contributed by atoms with Crippen LogP contribution in [0.15, 0.2) is 48.5 Å². The summed E-state index contributed by atoms with van der Waals surface area (Å²) in [5.41, 5.74) is 1.22. The average molecular weight is 333 g/mol.